The smallest absolute Gasteiger partial charge is 0.321 e. The molecular formula is C19H15F8N2O3+. The highest BCUT2D eigenvalue weighted by molar-refractivity contribution is 6.05. The number of nitrogens with one attached hydrogen (secondary N) is 1. The molecule has 0 aromatic heterocycles. The van der Waals surface area contributed by atoms with Crippen molar-refractivity contribution in [3.8, 4) is 0 Å². The van der Waals surface area contributed by atoms with Crippen molar-refractivity contribution in [1.29, 1.82) is 0 Å². The Morgan fingerprint density at radius 3 is 2.06 bits per heavy atom. The lowest BCUT2D eigenvalue weighted by Gasteiger charge is -2.31. The summed E-state index contributed by atoms with van der Waals surface area (Å²) < 4.78 is 106. The number of carbonyl (C=O) groups is 1. The van der Waals surface area contributed by atoms with Gasteiger partial charge in [0, 0.05) is 22.9 Å². The first-order valence-electron chi connectivity index (χ1n) is 8.78. The van der Waals surface area contributed by atoms with Gasteiger partial charge in [-0.1, -0.05) is 13.0 Å². The van der Waals surface area contributed by atoms with Crippen LogP contribution < -0.4 is 5.32 Å². The number of nitrogens with zero attached hydrogens (tertiary/aromatic N) is 1. The Hall–Kier alpha value is -3.25. The first kappa shape index (κ1) is 25.0. The van der Waals surface area contributed by atoms with Crippen molar-refractivity contribution in [2.45, 2.75) is 38.3 Å². The van der Waals surface area contributed by atoms with E-state index in [1.165, 1.54) is 6.92 Å². The van der Waals surface area contributed by atoms with Crippen molar-refractivity contribution < 1.29 is 50.0 Å². The molecule has 0 fully saturated rings. The highest BCUT2D eigenvalue weighted by Gasteiger charge is 2.73. The molecule has 0 saturated heterocycles. The molecule has 0 bridgehead atoms. The average Bonchev–Trinajstić information content (AvgIpc) is 2.66. The fourth-order valence-corrected chi connectivity index (χ4v) is 2.99. The van der Waals surface area contributed by atoms with E-state index >= 15 is 0 Å². The van der Waals surface area contributed by atoms with Crippen LogP contribution in [0.4, 0.5) is 46.5 Å². The van der Waals surface area contributed by atoms with E-state index in [0.29, 0.717) is 24.3 Å². The van der Waals surface area contributed by atoms with E-state index in [1.807, 2.05) is 0 Å². The van der Waals surface area contributed by atoms with Gasteiger partial charge in [-0.25, -0.2) is 9.60 Å². The van der Waals surface area contributed by atoms with Gasteiger partial charge >= 0.3 is 23.7 Å². The minimum absolute atomic E-state index is 0.185. The number of rotatable bonds is 5. The van der Waals surface area contributed by atoms with Gasteiger partial charge in [0.05, 0.1) is 4.91 Å². The average molecular weight is 471 g/mol. The van der Waals surface area contributed by atoms with Crippen molar-refractivity contribution in [2.24, 2.45) is 0 Å². The lowest BCUT2D eigenvalue weighted by Crippen LogP contribution is -2.50. The van der Waals surface area contributed by atoms with Gasteiger partial charge in [-0.15, -0.1) is 0 Å². The molecule has 13 heteroatoms. The van der Waals surface area contributed by atoms with E-state index in [1.54, 1.807) is 0 Å². The number of carbonyl (C=O) groups excluding carboxylic acids is 1. The topological polar surface area (TPSA) is 69.4 Å². The van der Waals surface area contributed by atoms with Crippen LogP contribution in [-0.2, 0) is 12.1 Å². The predicted octanol–water partition coefficient (Wildman–Crippen LogP) is 6.04. The fourth-order valence-electron chi connectivity index (χ4n) is 2.99. The van der Waals surface area contributed by atoms with Crippen LogP contribution in [0.2, 0.25) is 0 Å². The largest absolute Gasteiger partial charge is 0.435 e. The number of anilines is 1. The Bertz CT molecular complexity index is 1050. The van der Waals surface area contributed by atoms with Crippen molar-refractivity contribution in [3.63, 3.8) is 0 Å². The summed E-state index contributed by atoms with van der Waals surface area (Å²) in [5.41, 5.74) is -9.33. The van der Waals surface area contributed by atoms with E-state index in [2.05, 4.69) is 5.32 Å². The Morgan fingerprint density at radius 2 is 1.59 bits per heavy atom. The van der Waals surface area contributed by atoms with E-state index in [9.17, 15) is 44.8 Å². The van der Waals surface area contributed by atoms with E-state index in [4.69, 9.17) is 5.21 Å². The second kappa shape index (κ2) is 8.36. The van der Waals surface area contributed by atoms with Gasteiger partial charge in [0.1, 0.15) is 0 Å². The molecule has 32 heavy (non-hydrogen) atoms. The summed E-state index contributed by atoms with van der Waals surface area (Å²) in [5, 5.41) is 11.1. The SMILES string of the molecule is CCc1cc(C(F)(C(F)(F)F)C(F)(F)F)cc(C)c1NC(=O)c1ccc(F)c([N+](=O)O)c1. The first-order chi connectivity index (χ1) is 14.5. The van der Waals surface area contributed by atoms with Gasteiger partial charge < -0.3 is 5.32 Å². The molecule has 0 unspecified atom stereocenters. The predicted molar refractivity (Wildman–Crippen MR) is 94.9 cm³/mol. The number of hydrogen-bond donors (Lipinski definition) is 2. The molecule has 0 aliphatic carbocycles. The molecule has 1 amide bonds. The summed E-state index contributed by atoms with van der Waals surface area (Å²) >= 11 is 0. The Kier molecular flexibility index (Phi) is 6.53. The third-order valence-corrected chi connectivity index (χ3v) is 4.63. The van der Waals surface area contributed by atoms with Gasteiger partial charge in [0.25, 0.3) is 10.8 Å². The zero-order valence-corrected chi connectivity index (χ0v) is 16.3. The summed E-state index contributed by atoms with van der Waals surface area (Å²) in [4.78, 5) is 22.5. The van der Waals surface area contributed by atoms with Crippen molar-refractivity contribution in [3.05, 3.63) is 63.3 Å². The van der Waals surface area contributed by atoms with E-state index in [0.717, 1.165) is 13.0 Å². The summed E-state index contributed by atoms with van der Waals surface area (Å²) in [7, 11) is 0. The first-order valence-corrected chi connectivity index (χ1v) is 8.78. The van der Waals surface area contributed by atoms with Crippen LogP contribution in [0.3, 0.4) is 0 Å². The molecule has 2 rings (SSSR count). The van der Waals surface area contributed by atoms with Gasteiger partial charge in [-0.2, -0.15) is 30.7 Å². The number of alkyl halides is 7. The highest BCUT2D eigenvalue weighted by Crippen LogP contribution is 2.53. The molecule has 0 saturated carbocycles. The lowest BCUT2D eigenvalue weighted by molar-refractivity contribution is -0.730. The standard InChI is InChI=1S/C19H14F8N2O3/c1-3-10-7-12(17(21,18(22,23)24)19(25,26)27)6-9(2)15(10)28-16(30)11-4-5-13(20)14(8-11)29(31)32/h4-8H,3H2,1-2H3,(H-,28,30,31,32)/p+1. The maximum atomic E-state index is 14.4. The van der Waals surface area contributed by atoms with Crippen LogP contribution in [0, 0.1) is 17.6 Å². The number of benzene rings is 2. The van der Waals surface area contributed by atoms with Crippen molar-refractivity contribution in [2.75, 3.05) is 5.32 Å². The molecule has 174 valence electrons. The molecule has 0 aliphatic heterocycles. The van der Waals surface area contributed by atoms with Gasteiger partial charge in [0.15, 0.2) is 0 Å². The Morgan fingerprint density at radius 1 is 1.03 bits per heavy atom. The van der Waals surface area contributed by atoms with Crippen LogP contribution in [0.5, 0.6) is 0 Å². The second-order valence-electron chi connectivity index (χ2n) is 6.73. The van der Waals surface area contributed by atoms with Crippen LogP contribution in [0.1, 0.15) is 34.0 Å². The van der Waals surface area contributed by atoms with Crippen LogP contribution in [-0.4, -0.2) is 28.4 Å². The monoisotopic (exact) mass is 471 g/mol. The zero-order valence-electron chi connectivity index (χ0n) is 16.3. The van der Waals surface area contributed by atoms with Gasteiger partial charge in [-0.05, 0) is 42.7 Å². The minimum Gasteiger partial charge on any atom is -0.321 e. The van der Waals surface area contributed by atoms with Gasteiger partial charge in [-0.3, -0.25) is 4.79 Å². The number of halogens is 8. The summed E-state index contributed by atoms with van der Waals surface area (Å²) in [6.45, 7) is 2.42. The molecule has 5 nitrogen and oxygen atoms in total. The molecule has 0 heterocycles. The third kappa shape index (κ3) is 4.36. The third-order valence-electron chi connectivity index (χ3n) is 4.63. The van der Waals surface area contributed by atoms with Crippen LogP contribution in [0.25, 0.3) is 0 Å². The van der Waals surface area contributed by atoms with Crippen LogP contribution >= 0.6 is 0 Å². The fraction of sp³-hybridized carbons (Fsp3) is 0.316. The second-order valence-corrected chi connectivity index (χ2v) is 6.73. The number of amides is 1. The van der Waals surface area contributed by atoms with E-state index < -0.39 is 45.9 Å². The maximum absolute atomic E-state index is 14.4. The molecule has 0 radical (unpaired) electrons. The molecule has 2 aromatic rings. The molecule has 0 atom stereocenters. The lowest BCUT2D eigenvalue weighted by atomic mass is 9.89. The Labute approximate surface area is 175 Å². The number of hydrogen-bond acceptors (Lipinski definition) is 2. The van der Waals surface area contributed by atoms with E-state index in [-0.39, 0.29) is 28.8 Å². The van der Waals surface area contributed by atoms with Crippen molar-refractivity contribution in [1.82, 2.24) is 0 Å². The molecule has 2 N–H and O–H groups in total. The molecule has 0 spiro atoms. The zero-order chi connectivity index (χ0) is 24.6. The summed E-state index contributed by atoms with van der Waals surface area (Å²) in [6.07, 6.45) is -12.8. The maximum Gasteiger partial charge on any atom is 0.435 e. The van der Waals surface area contributed by atoms with Gasteiger partial charge in [0.2, 0.25) is 5.82 Å². The summed E-state index contributed by atoms with van der Waals surface area (Å²) in [6, 6.07) is 2.96. The highest BCUT2D eigenvalue weighted by atomic mass is 19.4. The number of aryl methyl sites for hydroxylation is 2. The molecule has 0 aliphatic rings. The quantitative estimate of drug-likeness (QED) is 0.413. The van der Waals surface area contributed by atoms with Crippen LogP contribution in [0.15, 0.2) is 30.3 Å². The normalized spacial score (nSPS) is 12.6. The summed E-state index contributed by atoms with van der Waals surface area (Å²) in [5.74, 6) is -2.18. The Balaban J connectivity index is 2.56. The molecule has 2 aromatic carbocycles. The molecular weight excluding hydrogens is 456 g/mol. The van der Waals surface area contributed by atoms with Crippen molar-refractivity contribution >= 4 is 17.3 Å². The minimum atomic E-state index is -6.30.